The molecule has 2 saturated heterocycles. The fraction of sp³-hybridized carbons (Fsp3) is 0.650. The van der Waals surface area contributed by atoms with Crippen LogP contribution in [-0.2, 0) is 0 Å². The lowest BCUT2D eigenvalue weighted by Gasteiger charge is -2.22. The zero-order valence-corrected chi connectivity index (χ0v) is 20.1. The van der Waals surface area contributed by atoms with Crippen molar-refractivity contribution in [3.8, 4) is 0 Å². The average molecular weight is 521 g/mol. The third-order valence-electron chi connectivity index (χ3n) is 5.46. The number of nitrogens with one attached hydrogen (secondary N) is 2. The van der Waals surface area contributed by atoms with Crippen molar-refractivity contribution in [3.05, 3.63) is 29.3 Å². The zero-order chi connectivity index (χ0) is 19.1. The second kappa shape index (κ2) is 12.0. The van der Waals surface area contributed by atoms with Crippen LogP contribution in [0.3, 0.4) is 0 Å². The Morgan fingerprint density at radius 1 is 1.21 bits per heavy atom. The van der Waals surface area contributed by atoms with Crippen LogP contribution in [0.15, 0.2) is 29.3 Å². The summed E-state index contributed by atoms with van der Waals surface area (Å²) in [7, 11) is 4.06. The number of anilines is 1. The Hall–Kier alpha value is -0.770. The van der Waals surface area contributed by atoms with Gasteiger partial charge in [-0.1, -0.05) is 17.7 Å². The van der Waals surface area contributed by atoms with Gasteiger partial charge < -0.3 is 25.3 Å². The van der Waals surface area contributed by atoms with E-state index in [1.165, 1.54) is 25.2 Å². The minimum atomic E-state index is 0. The summed E-state index contributed by atoms with van der Waals surface area (Å²) >= 11 is 6.13. The van der Waals surface area contributed by atoms with Gasteiger partial charge in [-0.2, -0.15) is 0 Å². The average Bonchev–Trinajstić information content (AvgIpc) is 3.03. The van der Waals surface area contributed by atoms with Gasteiger partial charge in [-0.05, 0) is 51.2 Å². The first-order valence-electron chi connectivity index (χ1n) is 10.0. The molecule has 6 nitrogen and oxygen atoms in total. The van der Waals surface area contributed by atoms with Crippen LogP contribution >= 0.6 is 35.6 Å². The number of halogens is 2. The molecule has 0 amide bonds. The van der Waals surface area contributed by atoms with Crippen molar-refractivity contribution in [1.29, 1.82) is 0 Å². The molecule has 1 aromatic rings. The van der Waals surface area contributed by atoms with Crippen molar-refractivity contribution >= 4 is 47.2 Å². The third kappa shape index (κ3) is 7.24. The van der Waals surface area contributed by atoms with Crippen LogP contribution in [0.25, 0.3) is 0 Å². The van der Waals surface area contributed by atoms with E-state index in [0.717, 1.165) is 56.7 Å². The van der Waals surface area contributed by atoms with Gasteiger partial charge in [0, 0.05) is 63.1 Å². The summed E-state index contributed by atoms with van der Waals surface area (Å²) in [6.07, 6.45) is 2.36. The summed E-state index contributed by atoms with van der Waals surface area (Å²) in [6, 6.07) is 8.50. The molecule has 0 aromatic heterocycles. The molecule has 3 rings (SSSR count). The van der Waals surface area contributed by atoms with Crippen molar-refractivity contribution in [2.24, 2.45) is 4.99 Å². The lowest BCUT2D eigenvalue weighted by atomic mass is 10.3. The van der Waals surface area contributed by atoms with E-state index in [9.17, 15) is 0 Å². The second-order valence-corrected chi connectivity index (χ2v) is 7.99. The molecule has 158 valence electrons. The molecule has 28 heavy (non-hydrogen) atoms. The molecular formula is C20H34ClIN6. The van der Waals surface area contributed by atoms with E-state index in [1.807, 2.05) is 25.2 Å². The molecule has 0 bridgehead atoms. The molecule has 1 atom stereocenters. The number of benzene rings is 1. The summed E-state index contributed by atoms with van der Waals surface area (Å²) in [4.78, 5) is 11.7. The van der Waals surface area contributed by atoms with Crippen molar-refractivity contribution in [2.45, 2.75) is 18.9 Å². The molecule has 0 aliphatic carbocycles. The van der Waals surface area contributed by atoms with Crippen LogP contribution < -0.4 is 15.5 Å². The maximum atomic E-state index is 6.13. The van der Waals surface area contributed by atoms with Crippen LogP contribution in [0.1, 0.15) is 12.8 Å². The first kappa shape index (κ1) is 23.5. The van der Waals surface area contributed by atoms with E-state index in [0.29, 0.717) is 6.04 Å². The normalized spacial score (nSPS) is 21.9. The van der Waals surface area contributed by atoms with E-state index in [4.69, 9.17) is 11.6 Å². The van der Waals surface area contributed by atoms with E-state index in [-0.39, 0.29) is 24.0 Å². The molecule has 1 aromatic carbocycles. The SMILES string of the molecule is CN=C(NCCN1CCCN(C)CC1)NC1CCN(c2cccc(Cl)c2)C1.I. The summed E-state index contributed by atoms with van der Waals surface area (Å²) in [5.74, 6) is 0.903. The summed E-state index contributed by atoms with van der Waals surface area (Å²) in [5.41, 5.74) is 1.20. The van der Waals surface area contributed by atoms with Crippen LogP contribution in [-0.4, -0.2) is 88.3 Å². The largest absolute Gasteiger partial charge is 0.369 e. The van der Waals surface area contributed by atoms with Gasteiger partial charge in [0.15, 0.2) is 5.96 Å². The molecule has 2 aliphatic rings. The van der Waals surface area contributed by atoms with Gasteiger partial charge in [-0.25, -0.2) is 0 Å². The molecule has 8 heteroatoms. The number of nitrogens with zero attached hydrogens (tertiary/aromatic N) is 4. The number of guanidine groups is 1. The fourth-order valence-corrected chi connectivity index (χ4v) is 4.01. The quantitative estimate of drug-likeness (QED) is 0.355. The minimum absolute atomic E-state index is 0. The highest BCUT2D eigenvalue weighted by atomic mass is 127. The molecule has 0 radical (unpaired) electrons. The first-order valence-corrected chi connectivity index (χ1v) is 10.4. The van der Waals surface area contributed by atoms with E-state index in [1.54, 1.807) is 0 Å². The standard InChI is InChI=1S/C20H33ClN6.HI/c1-22-20(23-8-12-26-10-4-9-25(2)13-14-26)24-18-7-11-27(16-18)19-6-3-5-17(21)15-19;/h3,5-6,15,18H,4,7-14,16H2,1-2H3,(H2,22,23,24);1H. The molecule has 0 spiro atoms. The van der Waals surface area contributed by atoms with Gasteiger partial charge in [0.1, 0.15) is 0 Å². The Morgan fingerprint density at radius 2 is 2.07 bits per heavy atom. The molecule has 2 N–H and O–H groups in total. The second-order valence-electron chi connectivity index (χ2n) is 7.55. The van der Waals surface area contributed by atoms with Crippen LogP contribution in [0.5, 0.6) is 0 Å². The Bertz CT molecular complexity index is 628. The fourth-order valence-electron chi connectivity index (χ4n) is 3.83. The smallest absolute Gasteiger partial charge is 0.191 e. The van der Waals surface area contributed by atoms with Crippen molar-refractivity contribution < 1.29 is 0 Å². The highest BCUT2D eigenvalue weighted by Gasteiger charge is 2.23. The van der Waals surface area contributed by atoms with E-state index < -0.39 is 0 Å². The summed E-state index contributed by atoms with van der Waals surface area (Å²) in [5, 5.41) is 7.85. The number of rotatable bonds is 5. The van der Waals surface area contributed by atoms with Gasteiger partial charge in [0.25, 0.3) is 0 Å². The highest BCUT2D eigenvalue weighted by molar-refractivity contribution is 14.0. The maximum Gasteiger partial charge on any atom is 0.191 e. The third-order valence-corrected chi connectivity index (χ3v) is 5.69. The molecule has 0 saturated carbocycles. The molecule has 2 aliphatic heterocycles. The molecule has 2 heterocycles. The number of hydrogen-bond donors (Lipinski definition) is 2. The first-order chi connectivity index (χ1) is 13.1. The summed E-state index contributed by atoms with van der Waals surface area (Å²) < 4.78 is 0. The predicted octanol–water partition coefficient (Wildman–Crippen LogP) is 2.34. The number of aliphatic imine (C=N–C) groups is 1. The predicted molar refractivity (Wildman–Crippen MR) is 131 cm³/mol. The maximum absolute atomic E-state index is 6.13. The van der Waals surface area contributed by atoms with Crippen molar-refractivity contribution in [1.82, 2.24) is 20.4 Å². The van der Waals surface area contributed by atoms with Gasteiger partial charge in [-0.15, -0.1) is 24.0 Å². The van der Waals surface area contributed by atoms with Crippen LogP contribution in [0.2, 0.25) is 5.02 Å². The van der Waals surface area contributed by atoms with Crippen LogP contribution in [0, 0.1) is 0 Å². The Balaban J connectivity index is 0.00000280. The molecule has 1 unspecified atom stereocenters. The zero-order valence-electron chi connectivity index (χ0n) is 17.0. The lowest BCUT2D eigenvalue weighted by Crippen LogP contribution is -2.46. The van der Waals surface area contributed by atoms with Gasteiger partial charge in [0.2, 0.25) is 0 Å². The molecular weight excluding hydrogens is 487 g/mol. The van der Waals surface area contributed by atoms with Gasteiger partial charge in [0.05, 0.1) is 0 Å². The van der Waals surface area contributed by atoms with Gasteiger partial charge >= 0.3 is 0 Å². The summed E-state index contributed by atoms with van der Waals surface area (Å²) in [6.45, 7) is 8.71. The molecule has 2 fully saturated rings. The topological polar surface area (TPSA) is 46.1 Å². The number of hydrogen-bond acceptors (Lipinski definition) is 4. The lowest BCUT2D eigenvalue weighted by molar-refractivity contribution is 0.280. The number of likely N-dealkylation sites (N-methyl/N-ethyl adjacent to an activating group) is 1. The van der Waals surface area contributed by atoms with E-state index in [2.05, 4.69) is 43.4 Å². The highest BCUT2D eigenvalue weighted by Crippen LogP contribution is 2.23. The van der Waals surface area contributed by atoms with E-state index >= 15 is 0 Å². The monoisotopic (exact) mass is 520 g/mol. The minimum Gasteiger partial charge on any atom is -0.369 e. The Kier molecular flexibility index (Phi) is 10.1. The van der Waals surface area contributed by atoms with Crippen LogP contribution in [0.4, 0.5) is 5.69 Å². The Morgan fingerprint density at radius 3 is 2.86 bits per heavy atom. The van der Waals surface area contributed by atoms with Crippen molar-refractivity contribution in [2.75, 3.05) is 71.4 Å². The van der Waals surface area contributed by atoms with Crippen molar-refractivity contribution in [3.63, 3.8) is 0 Å². The van der Waals surface area contributed by atoms with Gasteiger partial charge in [-0.3, -0.25) is 4.99 Å². The Labute approximate surface area is 191 Å².